The lowest BCUT2D eigenvalue weighted by atomic mass is 9.82. The van der Waals surface area contributed by atoms with Gasteiger partial charge in [0.1, 0.15) is 0 Å². The first kappa shape index (κ1) is 13.6. The van der Waals surface area contributed by atoms with Crippen molar-refractivity contribution in [1.82, 2.24) is 0 Å². The molecule has 1 aliphatic rings. The second-order valence-electron chi connectivity index (χ2n) is 6.25. The summed E-state index contributed by atoms with van der Waals surface area (Å²) in [5, 5.41) is 5.59. The third kappa shape index (κ3) is 2.57. The van der Waals surface area contributed by atoms with Crippen LogP contribution in [0, 0.1) is 3.57 Å². The van der Waals surface area contributed by atoms with E-state index in [2.05, 4.69) is 71.1 Å². The lowest BCUT2D eigenvalue weighted by Crippen LogP contribution is -2.05. The topological polar surface area (TPSA) is 0 Å². The molecule has 0 heterocycles. The Hall–Kier alpha value is -1.09. The highest BCUT2D eigenvalue weighted by Crippen LogP contribution is 2.38. The molecular formula is C20H19I. The van der Waals surface area contributed by atoms with Crippen LogP contribution in [0.3, 0.4) is 0 Å². The Balaban J connectivity index is 1.97. The van der Waals surface area contributed by atoms with E-state index in [4.69, 9.17) is 0 Å². The van der Waals surface area contributed by atoms with Crippen LogP contribution < -0.4 is 0 Å². The highest BCUT2D eigenvalue weighted by atomic mass is 127. The van der Waals surface area contributed by atoms with Crippen molar-refractivity contribution in [3.63, 3.8) is 0 Å². The van der Waals surface area contributed by atoms with Gasteiger partial charge in [0.2, 0.25) is 0 Å². The average molecular weight is 386 g/mol. The number of hydrogen-bond acceptors (Lipinski definition) is 0. The van der Waals surface area contributed by atoms with Crippen LogP contribution in [-0.2, 0) is 0 Å². The number of benzene rings is 3. The van der Waals surface area contributed by atoms with Gasteiger partial charge < -0.3 is 0 Å². The van der Waals surface area contributed by atoms with Crippen molar-refractivity contribution in [1.29, 1.82) is 0 Å². The van der Waals surface area contributed by atoms with Gasteiger partial charge in [0, 0.05) is 3.57 Å². The molecule has 1 aliphatic carbocycles. The van der Waals surface area contributed by atoms with Gasteiger partial charge in [-0.1, -0.05) is 43.5 Å². The van der Waals surface area contributed by atoms with Crippen LogP contribution in [0.4, 0.5) is 0 Å². The molecule has 0 saturated heterocycles. The summed E-state index contributed by atoms with van der Waals surface area (Å²) in [5.74, 6) is 0.761. The Morgan fingerprint density at radius 2 is 1.48 bits per heavy atom. The van der Waals surface area contributed by atoms with Crippen LogP contribution in [-0.4, -0.2) is 0 Å². The fraction of sp³-hybridized carbons (Fsp3) is 0.300. The summed E-state index contributed by atoms with van der Waals surface area (Å²) in [5.41, 5.74) is 1.59. The van der Waals surface area contributed by atoms with Crippen molar-refractivity contribution in [2.45, 2.75) is 38.0 Å². The van der Waals surface area contributed by atoms with Crippen LogP contribution in [0.2, 0.25) is 0 Å². The van der Waals surface area contributed by atoms with E-state index in [1.165, 1.54) is 57.2 Å². The molecule has 21 heavy (non-hydrogen) atoms. The molecule has 0 nitrogen and oxygen atoms in total. The van der Waals surface area contributed by atoms with Crippen molar-refractivity contribution >= 4 is 44.1 Å². The van der Waals surface area contributed by atoms with E-state index in [0.717, 1.165) is 5.92 Å². The molecule has 0 aromatic heterocycles. The maximum Gasteiger partial charge on any atom is 0.0139 e. The van der Waals surface area contributed by atoms with Gasteiger partial charge in [-0.05, 0) is 92.7 Å². The number of halogens is 1. The summed E-state index contributed by atoms with van der Waals surface area (Å²) in [6.45, 7) is 0. The molecule has 0 unspecified atom stereocenters. The second-order valence-corrected chi connectivity index (χ2v) is 7.50. The molecule has 0 amide bonds. The van der Waals surface area contributed by atoms with Crippen molar-refractivity contribution < 1.29 is 0 Å². The minimum absolute atomic E-state index is 0.761. The third-order valence-electron chi connectivity index (χ3n) is 4.86. The molecule has 3 aromatic carbocycles. The maximum atomic E-state index is 2.47. The van der Waals surface area contributed by atoms with Crippen molar-refractivity contribution in [3.8, 4) is 0 Å². The fourth-order valence-corrected chi connectivity index (χ4v) is 4.47. The molecule has 0 bridgehead atoms. The van der Waals surface area contributed by atoms with Crippen molar-refractivity contribution in [3.05, 3.63) is 57.7 Å². The van der Waals surface area contributed by atoms with Gasteiger partial charge in [-0.25, -0.2) is 0 Å². The Bertz CT molecular complexity index is 797. The first-order chi connectivity index (χ1) is 10.3. The van der Waals surface area contributed by atoms with E-state index in [9.17, 15) is 0 Å². The molecule has 3 aromatic rings. The largest absolute Gasteiger partial charge is 0.0616 e. The zero-order valence-corrected chi connectivity index (χ0v) is 14.3. The number of fused-ring (bicyclic) bond motifs is 2. The number of hydrogen-bond donors (Lipinski definition) is 0. The summed E-state index contributed by atoms with van der Waals surface area (Å²) < 4.78 is 1.37. The van der Waals surface area contributed by atoms with Gasteiger partial charge in [-0.3, -0.25) is 0 Å². The quantitative estimate of drug-likeness (QED) is 0.325. The SMILES string of the molecule is Ic1cc(C2CCCCC2)c2cc3ccccc3cc2c1. The molecule has 1 saturated carbocycles. The minimum atomic E-state index is 0.761. The standard InChI is InChI=1S/C20H19I/c21-18-11-17-10-15-8-4-5-9-16(15)12-19(17)20(13-18)14-6-2-1-3-7-14/h4-5,8-14H,1-3,6-7H2. The highest BCUT2D eigenvalue weighted by molar-refractivity contribution is 14.1. The smallest absolute Gasteiger partial charge is 0.0139 e. The Morgan fingerprint density at radius 1 is 0.762 bits per heavy atom. The first-order valence-electron chi connectivity index (χ1n) is 7.93. The molecule has 1 heteroatoms. The van der Waals surface area contributed by atoms with Crippen LogP contribution in [0.5, 0.6) is 0 Å². The van der Waals surface area contributed by atoms with Gasteiger partial charge in [0.15, 0.2) is 0 Å². The summed E-state index contributed by atoms with van der Waals surface area (Å²) in [7, 11) is 0. The van der Waals surface area contributed by atoms with Gasteiger partial charge in [-0.15, -0.1) is 0 Å². The fourth-order valence-electron chi connectivity index (χ4n) is 3.80. The average Bonchev–Trinajstić information content (AvgIpc) is 2.53. The molecule has 0 radical (unpaired) electrons. The van der Waals surface area contributed by atoms with Crippen molar-refractivity contribution in [2.24, 2.45) is 0 Å². The van der Waals surface area contributed by atoms with Gasteiger partial charge >= 0.3 is 0 Å². The molecule has 0 atom stereocenters. The van der Waals surface area contributed by atoms with Crippen molar-refractivity contribution in [2.75, 3.05) is 0 Å². The Labute approximate surface area is 139 Å². The predicted octanol–water partition coefficient (Wildman–Crippen LogP) is 6.65. The summed E-state index contributed by atoms with van der Waals surface area (Å²) in [6.07, 6.45) is 6.93. The monoisotopic (exact) mass is 386 g/mol. The zero-order valence-electron chi connectivity index (χ0n) is 12.1. The lowest BCUT2D eigenvalue weighted by Gasteiger charge is -2.24. The normalized spacial score (nSPS) is 16.6. The van der Waals surface area contributed by atoms with Gasteiger partial charge in [0.05, 0.1) is 0 Å². The van der Waals surface area contributed by atoms with Gasteiger partial charge in [-0.2, -0.15) is 0 Å². The van der Waals surface area contributed by atoms with Crippen LogP contribution in [0.1, 0.15) is 43.6 Å². The third-order valence-corrected chi connectivity index (χ3v) is 5.48. The summed E-state index contributed by atoms with van der Waals surface area (Å²) in [6, 6.07) is 18.2. The van der Waals surface area contributed by atoms with Crippen LogP contribution in [0.25, 0.3) is 21.5 Å². The Morgan fingerprint density at radius 3 is 2.24 bits per heavy atom. The number of rotatable bonds is 1. The summed E-state index contributed by atoms with van der Waals surface area (Å²) >= 11 is 2.47. The van der Waals surface area contributed by atoms with E-state index in [0.29, 0.717) is 0 Å². The van der Waals surface area contributed by atoms with Crippen LogP contribution in [0.15, 0.2) is 48.5 Å². The van der Waals surface area contributed by atoms with Gasteiger partial charge in [0.25, 0.3) is 0 Å². The van der Waals surface area contributed by atoms with E-state index in [-0.39, 0.29) is 0 Å². The molecule has 106 valence electrons. The van der Waals surface area contributed by atoms with Crippen LogP contribution >= 0.6 is 22.6 Å². The van der Waals surface area contributed by atoms with E-state index in [1.54, 1.807) is 5.56 Å². The minimum Gasteiger partial charge on any atom is -0.0616 e. The second kappa shape index (κ2) is 5.60. The van der Waals surface area contributed by atoms with E-state index >= 15 is 0 Å². The zero-order chi connectivity index (χ0) is 14.2. The molecule has 4 rings (SSSR count). The first-order valence-corrected chi connectivity index (χ1v) is 9.01. The molecule has 0 N–H and O–H groups in total. The predicted molar refractivity (Wildman–Crippen MR) is 100.0 cm³/mol. The Kier molecular flexibility index (Phi) is 3.62. The lowest BCUT2D eigenvalue weighted by molar-refractivity contribution is 0.445. The summed E-state index contributed by atoms with van der Waals surface area (Å²) in [4.78, 5) is 0. The molecule has 1 fully saturated rings. The molecular weight excluding hydrogens is 367 g/mol. The molecule has 0 aliphatic heterocycles. The maximum absolute atomic E-state index is 2.47. The molecule has 0 spiro atoms. The van der Waals surface area contributed by atoms with E-state index in [1.807, 2.05) is 0 Å². The van der Waals surface area contributed by atoms with E-state index < -0.39 is 0 Å². The highest BCUT2D eigenvalue weighted by Gasteiger charge is 2.18.